The first-order valence-corrected chi connectivity index (χ1v) is 16.4. The Hall–Kier alpha value is -4.10. The maximum absolute atomic E-state index is 14.0. The summed E-state index contributed by atoms with van der Waals surface area (Å²) in [5.41, 5.74) is 0.775. The summed E-state index contributed by atoms with van der Waals surface area (Å²) in [7, 11) is -8.22. The van der Waals surface area contributed by atoms with Gasteiger partial charge in [-0.25, -0.2) is 21.6 Å². The number of pyridine rings is 1. The number of halogens is 2. The van der Waals surface area contributed by atoms with Crippen LogP contribution in [0.25, 0.3) is 22.0 Å². The van der Waals surface area contributed by atoms with Crippen molar-refractivity contribution < 1.29 is 21.6 Å². The maximum atomic E-state index is 14.0. The second kappa shape index (κ2) is 11.3. The van der Waals surface area contributed by atoms with Gasteiger partial charge in [-0.1, -0.05) is 47.5 Å². The summed E-state index contributed by atoms with van der Waals surface area (Å²) in [6.45, 7) is 0.0547. The summed E-state index contributed by atoms with van der Waals surface area (Å²) in [4.78, 5) is 29.2. The standard InChI is InChI=1S/C28H22Cl2N4O6S2/c1-41(37,38)32-19-7-4-8-20(15-19)42(39,40)33-28(36)26-25(21-9-5-13-31-27(21)35)22-14-18(29)11-12-24(22)34(26)16-17-6-2-3-10-23(17)30/h2-15,32H,16H2,1H3,(H,31,35)(H,33,36). The number of sulfonamides is 2. The van der Waals surface area contributed by atoms with E-state index >= 15 is 0 Å². The molecular formula is C28H22Cl2N4O6S2. The molecule has 0 spiro atoms. The summed E-state index contributed by atoms with van der Waals surface area (Å²) < 4.78 is 56.0. The normalized spacial score (nSPS) is 11.9. The molecule has 0 aliphatic heterocycles. The highest BCUT2D eigenvalue weighted by atomic mass is 35.5. The smallest absolute Gasteiger partial charge is 0.282 e. The van der Waals surface area contributed by atoms with Gasteiger partial charge in [0.25, 0.3) is 21.5 Å². The van der Waals surface area contributed by atoms with E-state index in [1.165, 1.54) is 30.5 Å². The van der Waals surface area contributed by atoms with Crippen LogP contribution in [0.2, 0.25) is 10.0 Å². The van der Waals surface area contributed by atoms with Crippen LogP contribution in [-0.4, -0.2) is 38.5 Å². The number of fused-ring (bicyclic) bond motifs is 1. The van der Waals surface area contributed by atoms with E-state index in [4.69, 9.17) is 23.2 Å². The fourth-order valence-corrected chi connectivity index (χ4v) is 6.51. The lowest BCUT2D eigenvalue weighted by molar-refractivity contribution is 0.0974. The Kier molecular flexibility index (Phi) is 7.90. The van der Waals surface area contributed by atoms with Crippen molar-refractivity contribution in [3.63, 3.8) is 0 Å². The molecule has 2 aromatic heterocycles. The number of aromatic nitrogens is 2. The minimum absolute atomic E-state index is 0.00759. The molecule has 0 bridgehead atoms. The van der Waals surface area contributed by atoms with Crippen molar-refractivity contribution >= 4 is 65.7 Å². The van der Waals surface area contributed by atoms with E-state index < -0.39 is 31.5 Å². The SMILES string of the molecule is CS(=O)(=O)Nc1cccc(S(=O)(=O)NC(=O)c2c(-c3ccc[nH]c3=O)c3cc(Cl)ccc3n2Cc2ccccc2Cl)c1. The highest BCUT2D eigenvalue weighted by Gasteiger charge is 2.29. The molecule has 3 N–H and O–H groups in total. The highest BCUT2D eigenvalue weighted by Crippen LogP contribution is 2.36. The molecule has 0 radical (unpaired) electrons. The first kappa shape index (κ1) is 29.4. The van der Waals surface area contributed by atoms with Crippen LogP contribution in [0.5, 0.6) is 0 Å². The number of hydrogen-bond donors (Lipinski definition) is 3. The van der Waals surface area contributed by atoms with Gasteiger partial charge in [0.15, 0.2) is 0 Å². The molecule has 3 aromatic carbocycles. The Morgan fingerprint density at radius 3 is 2.40 bits per heavy atom. The first-order valence-electron chi connectivity index (χ1n) is 12.2. The largest absolute Gasteiger partial charge is 0.331 e. The topological polar surface area (TPSA) is 147 Å². The number of hydrogen-bond acceptors (Lipinski definition) is 6. The predicted molar refractivity (Wildman–Crippen MR) is 163 cm³/mol. The van der Waals surface area contributed by atoms with Crippen molar-refractivity contribution in [3.05, 3.63) is 117 Å². The van der Waals surface area contributed by atoms with Gasteiger partial charge in [-0.05, 0) is 60.2 Å². The molecule has 5 rings (SSSR count). The van der Waals surface area contributed by atoms with Crippen molar-refractivity contribution in [2.24, 2.45) is 0 Å². The lowest BCUT2D eigenvalue weighted by atomic mass is 10.0. The zero-order valence-electron chi connectivity index (χ0n) is 21.8. The summed E-state index contributed by atoms with van der Waals surface area (Å²) in [6.07, 6.45) is 2.36. The van der Waals surface area contributed by atoms with Gasteiger partial charge >= 0.3 is 0 Å². The molecule has 1 amide bonds. The van der Waals surface area contributed by atoms with Crippen molar-refractivity contribution in [3.8, 4) is 11.1 Å². The summed E-state index contributed by atoms with van der Waals surface area (Å²) in [5, 5.41) is 1.19. The fourth-order valence-electron chi connectivity index (χ4n) is 4.59. The number of nitrogens with one attached hydrogen (secondary N) is 3. The monoisotopic (exact) mass is 644 g/mol. The number of benzene rings is 3. The number of nitrogens with zero attached hydrogens (tertiary/aromatic N) is 1. The van der Waals surface area contributed by atoms with Crippen LogP contribution < -0.4 is 15.0 Å². The molecule has 0 atom stereocenters. The predicted octanol–water partition coefficient (Wildman–Crippen LogP) is 4.84. The number of anilines is 1. The first-order chi connectivity index (χ1) is 19.8. The van der Waals surface area contributed by atoms with E-state index in [-0.39, 0.29) is 33.9 Å². The number of carbonyl (C=O) groups excluding carboxylic acids is 1. The number of rotatable bonds is 8. The molecule has 0 unspecified atom stereocenters. The molecule has 0 saturated carbocycles. The Morgan fingerprint density at radius 2 is 1.69 bits per heavy atom. The molecule has 0 saturated heterocycles. The molecule has 0 fully saturated rings. The van der Waals surface area contributed by atoms with Gasteiger partial charge in [-0.3, -0.25) is 14.3 Å². The quantitative estimate of drug-likeness (QED) is 0.220. The van der Waals surface area contributed by atoms with Crippen LogP contribution in [0.4, 0.5) is 5.69 Å². The van der Waals surface area contributed by atoms with E-state index in [1.54, 1.807) is 53.1 Å². The van der Waals surface area contributed by atoms with E-state index in [9.17, 15) is 26.4 Å². The summed E-state index contributed by atoms with van der Waals surface area (Å²) >= 11 is 12.8. The molecule has 2 heterocycles. The third-order valence-electron chi connectivity index (χ3n) is 6.29. The third kappa shape index (κ3) is 6.07. The van der Waals surface area contributed by atoms with Crippen molar-refractivity contribution in [1.82, 2.24) is 14.3 Å². The summed E-state index contributed by atoms with van der Waals surface area (Å²) in [6, 6.07) is 19.9. The van der Waals surface area contributed by atoms with Crippen LogP contribution >= 0.6 is 23.2 Å². The van der Waals surface area contributed by atoms with Gasteiger partial charge in [-0.2, -0.15) is 0 Å². The van der Waals surface area contributed by atoms with Crippen LogP contribution in [0.15, 0.2) is 94.7 Å². The minimum Gasteiger partial charge on any atom is -0.331 e. The van der Waals surface area contributed by atoms with Crippen molar-refractivity contribution in [1.29, 1.82) is 0 Å². The Bertz CT molecular complexity index is 2140. The van der Waals surface area contributed by atoms with Crippen LogP contribution in [-0.2, 0) is 26.6 Å². The van der Waals surface area contributed by atoms with Crippen LogP contribution in [0, 0.1) is 0 Å². The lowest BCUT2D eigenvalue weighted by Crippen LogP contribution is -2.33. The third-order valence-corrected chi connectivity index (χ3v) is 8.83. The van der Waals surface area contributed by atoms with Gasteiger partial charge in [-0.15, -0.1) is 0 Å². The summed E-state index contributed by atoms with van der Waals surface area (Å²) in [5.74, 6) is -1.03. The molecule has 216 valence electrons. The number of aromatic amines is 1. The zero-order valence-corrected chi connectivity index (χ0v) is 24.9. The van der Waals surface area contributed by atoms with Gasteiger partial charge < -0.3 is 9.55 Å². The van der Waals surface area contributed by atoms with Crippen molar-refractivity contribution in [2.75, 3.05) is 11.0 Å². The second-order valence-electron chi connectivity index (χ2n) is 9.31. The minimum atomic E-state index is -4.52. The number of carbonyl (C=O) groups is 1. The molecule has 42 heavy (non-hydrogen) atoms. The molecular weight excluding hydrogens is 623 g/mol. The van der Waals surface area contributed by atoms with E-state index in [0.29, 0.717) is 26.5 Å². The Morgan fingerprint density at radius 1 is 0.929 bits per heavy atom. The van der Waals surface area contributed by atoms with Gasteiger partial charge in [0, 0.05) is 50.5 Å². The highest BCUT2D eigenvalue weighted by molar-refractivity contribution is 7.92. The Labute approximate surface area is 251 Å². The average Bonchev–Trinajstić information content (AvgIpc) is 3.22. The average molecular weight is 646 g/mol. The van der Waals surface area contributed by atoms with E-state index in [1.807, 2.05) is 0 Å². The zero-order chi connectivity index (χ0) is 30.2. The molecule has 0 aliphatic rings. The van der Waals surface area contributed by atoms with E-state index in [2.05, 4.69) is 14.4 Å². The molecule has 0 aliphatic carbocycles. The molecule has 5 aromatic rings. The van der Waals surface area contributed by atoms with Crippen LogP contribution in [0.1, 0.15) is 16.1 Å². The van der Waals surface area contributed by atoms with Gasteiger partial charge in [0.1, 0.15) is 5.69 Å². The number of amides is 1. The van der Waals surface area contributed by atoms with Gasteiger partial charge in [0.05, 0.1) is 11.2 Å². The maximum Gasteiger partial charge on any atom is 0.282 e. The molecule has 14 heteroatoms. The van der Waals surface area contributed by atoms with Crippen LogP contribution in [0.3, 0.4) is 0 Å². The molecule has 10 nitrogen and oxygen atoms in total. The van der Waals surface area contributed by atoms with Crippen molar-refractivity contribution in [2.45, 2.75) is 11.4 Å². The van der Waals surface area contributed by atoms with Gasteiger partial charge in [0.2, 0.25) is 10.0 Å². The fraction of sp³-hybridized carbons (Fsp3) is 0.0714. The second-order valence-corrected chi connectivity index (χ2v) is 13.6. The Balaban J connectivity index is 1.71. The van der Waals surface area contributed by atoms with E-state index in [0.717, 1.165) is 12.3 Å². The lowest BCUT2D eigenvalue weighted by Gasteiger charge is -2.14. The number of H-pyrrole nitrogens is 1.